The molecule has 15 heavy (non-hydrogen) atoms. The average Bonchev–Trinajstić information content (AvgIpc) is 2.48. The first kappa shape index (κ1) is 10.3. The Bertz CT molecular complexity index is 354. The van der Waals surface area contributed by atoms with Gasteiger partial charge in [0.1, 0.15) is 6.29 Å². The first-order chi connectivity index (χ1) is 7.09. The van der Waals surface area contributed by atoms with Crippen LogP contribution in [-0.2, 0) is 9.59 Å². The fourth-order valence-electron chi connectivity index (χ4n) is 3.03. The minimum absolute atomic E-state index is 0.127. The van der Waals surface area contributed by atoms with Crippen molar-refractivity contribution in [2.24, 2.45) is 11.3 Å². The number of ketones is 1. The largest absolute Gasteiger partial charge is 0.303 e. The summed E-state index contributed by atoms with van der Waals surface area (Å²) in [5, 5.41) is 0. The molecule has 0 unspecified atom stereocenters. The molecule has 0 aliphatic heterocycles. The number of fused-ring (bicyclic) bond motifs is 2. The third-order valence-electron chi connectivity index (χ3n) is 3.93. The molecule has 2 nitrogen and oxygen atoms in total. The van der Waals surface area contributed by atoms with E-state index in [-0.39, 0.29) is 11.2 Å². The molecule has 2 aliphatic carbocycles. The number of hydrogen-bond acceptors (Lipinski definition) is 2. The molecule has 0 heterocycles. The van der Waals surface area contributed by atoms with Gasteiger partial charge in [0.25, 0.3) is 0 Å². The van der Waals surface area contributed by atoms with E-state index in [2.05, 4.69) is 13.2 Å². The summed E-state index contributed by atoms with van der Waals surface area (Å²) >= 11 is 0. The zero-order chi connectivity index (χ0) is 11.1. The van der Waals surface area contributed by atoms with Crippen molar-refractivity contribution in [2.75, 3.05) is 0 Å². The zero-order valence-electron chi connectivity index (χ0n) is 8.92. The van der Waals surface area contributed by atoms with Gasteiger partial charge in [0.05, 0.1) is 0 Å². The minimum atomic E-state index is -0.127. The Morgan fingerprint density at radius 3 is 2.87 bits per heavy atom. The predicted octanol–water partition coefficient (Wildman–Crippen LogP) is 2.45. The molecule has 0 aromatic rings. The van der Waals surface area contributed by atoms with E-state index in [9.17, 15) is 9.59 Å². The van der Waals surface area contributed by atoms with Crippen molar-refractivity contribution in [3.05, 3.63) is 24.3 Å². The molecule has 80 valence electrons. The first-order valence-electron chi connectivity index (χ1n) is 5.43. The summed E-state index contributed by atoms with van der Waals surface area (Å²) < 4.78 is 0. The van der Waals surface area contributed by atoms with Crippen LogP contribution in [0.4, 0.5) is 0 Å². The van der Waals surface area contributed by atoms with Crippen LogP contribution in [0.2, 0.25) is 0 Å². The topological polar surface area (TPSA) is 34.1 Å². The van der Waals surface area contributed by atoms with Crippen molar-refractivity contribution in [1.82, 2.24) is 0 Å². The van der Waals surface area contributed by atoms with Gasteiger partial charge in [-0.15, -0.1) is 0 Å². The molecule has 0 aromatic heterocycles. The monoisotopic (exact) mass is 204 g/mol. The molecule has 2 fully saturated rings. The summed E-state index contributed by atoms with van der Waals surface area (Å²) in [7, 11) is 0. The van der Waals surface area contributed by atoms with Gasteiger partial charge in [-0.25, -0.2) is 0 Å². The second kappa shape index (κ2) is 3.44. The number of aldehydes is 1. The van der Waals surface area contributed by atoms with E-state index in [1.807, 2.05) is 0 Å². The molecule has 0 N–H and O–H groups in total. The normalized spacial score (nSPS) is 34.7. The predicted molar refractivity (Wildman–Crippen MR) is 58.4 cm³/mol. The zero-order valence-corrected chi connectivity index (χ0v) is 8.92. The minimum Gasteiger partial charge on any atom is -0.303 e. The molecule has 0 amide bonds. The molecule has 2 rings (SSSR count). The Morgan fingerprint density at radius 1 is 1.47 bits per heavy atom. The summed E-state index contributed by atoms with van der Waals surface area (Å²) in [4.78, 5) is 22.2. The molecule has 0 aromatic carbocycles. The summed E-state index contributed by atoms with van der Waals surface area (Å²) in [5.41, 5.74) is 1.78. The highest BCUT2D eigenvalue weighted by atomic mass is 16.1. The van der Waals surface area contributed by atoms with Crippen molar-refractivity contribution in [1.29, 1.82) is 0 Å². The standard InChI is InChI=1S/C13H16O2/c1-9-7-13(4-3-5-14)8-11(9)6-12(15)10(13)2/h5,11H,1-4,6-8H2/t11-,13-/m1/s1. The lowest BCUT2D eigenvalue weighted by atomic mass is 9.69. The SMILES string of the molecule is C=C1C[C@]2(CCC=O)C[C@H]1CC(=O)C2=C. The van der Waals surface area contributed by atoms with Gasteiger partial charge < -0.3 is 4.79 Å². The Morgan fingerprint density at radius 2 is 2.20 bits per heavy atom. The highest BCUT2D eigenvalue weighted by molar-refractivity contribution is 5.98. The van der Waals surface area contributed by atoms with Crippen molar-refractivity contribution < 1.29 is 9.59 Å². The van der Waals surface area contributed by atoms with Crippen LogP contribution < -0.4 is 0 Å². The molecule has 2 bridgehead atoms. The number of Topliss-reactive ketones (excluding diaryl/α,β-unsaturated/α-hetero) is 1. The Labute approximate surface area is 90.1 Å². The summed E-state index contributed by atoms with van der Waals surface area (Å²) in [5.74, 6) is 0.519. The summed E-state index contributed by atoms with van der Waals surface area (Å²) in [6.45, 7) is 7.96. The maximum atomic E-state index is 11.7. The number of carbonyl (C=O) groups is 2. The van der Waals surface area contributed by atoms with E-state index in [0.29, 0.717) is 18.8 Å². The van der Waals surface area contributed by atoms with Crippen LogP contribution in [0.15, 0.2) is 24.3 Å². The third-order valence-corrected chi connectivity index (χ3v) is 3.93. The molecule has 2 saturated carbocycles. The van der Waals surface area contributed by atoms with Gasteiger partial charge in [0, 0.05) is 18.3 Å². The highest BCUT2D eigenvalue weighted by Crippen LogP contribution is 2.56. The Hall–Kier alpha value is -1.18. The lowest BCUT2D eigenvalue weighted by Crippen LogP contribution is -2.29. The van der Waals surface area contributed by atoms with Gasteiger partial charge in [0.2, 0.25) is 0 Å². The molecule has 0 spiro atoms. The van der Waals surface area contributed by atoms with Gasteiger partial charge in [0.15, 0.2) is 5.78 Å². The van der Waals surface area contributed by atoms with E-state index in [1.54, 1.807) is 0 Å². The number of carbonyl (C=O) groups excluding carboxylic acids is 2. The van der Waals surface area contributed by atoms with Crippen LogP contribution in [0.25, 0.3) is 0 Å². The second-order valence-electron chi connectivity index (χ2n) is 4.83. The third kappa shape index (κ3) is 1.48. The van der Waals surface area contributed by atoms with Crippen LogP contribution in [-0.4, -0.2) is 12.1 Å². The maximum Gasteiger partial charge on any atom is 0.159 e. The van der Waals surface area contributed by atoms with E-state index in [0.717, 1.165) is 31.1 Å². The van der Waals surface area contributed by atoms with Crippen LogP contribution in [0.5, 0.6) is 0 Å². The van der Waals surface area contributed by atoms with Gasteiger partial charge in [-0.1, -0.05) is 18.7 Å². The molecule has 2 heteroatoms. The van der Waals surface area contributed by atoms with E-state index >= 15 is 0 Å². The van der Waals surface area contributed by atoms with E-state index in [4.69, 9.17) is 0 Å². The Balaban J connectivity index is 2.28. The smallest absolute Gasteiger partial charge is 0.159 e. The average molecular weight is 204 g/mol. The first-order valence-corrected chi connectivity index (χ1v) is 5.43. The van der Waals surface area contributed by atoms with Crippen molar-refractivity contribution in [3.8, 4) is 0 Å². The quantitative estimate of drug-likeness (QED) is 0.402. The van der Waals surface area contributed by atoms with Gasteiger partial charge in [-0.2, -0.15) is 0 Å². The van der Waals surface area contributed by atoms with Crippen molar-refractivity contribution in [2.45, 2.75) is 32.1 Å². The van der Waals surface area contributed by atoms with Gasteiger partial charge >= 0.3 is 0 Å². The summed E-state index contributed by atoms with van der Waals surface area (Å²) in [6.07, 6.45) is 4.63. The fourth-order valence-corrected chi connectivity index (χ4v) is 3.03. The molecular formula is C13H16O2. The molecular weight excluding hydrogens is 188 g/mol. The van der Waals surface area contributed by atoms with Crippen molar-refractivity contribution in [3.63, 3.8) is 0 Å². The number of hydrogen-bond donors (Lipinski definition) is 0. The number of rotatable bonds is 3. The molecule has 2 atom stereocenters. The molecule has 0 radical (unpaired) electrons. The van der Waals surface area contributed by atoms with E-state index in [1.165, 1.54) is 5.57 Å². The number of allylic oxidation sites excluding steroid dienone is 2. The van der Waals surface area contributed by atoms with Crippen LogP contribution in [0, 0.1) is 11.3 Å². The Kier molecular flexibility index (Phi) is 2.37. The van der Waals surface area contributed by atoms with E-state index < -0.39 is 0 Å². The van der Waals surface area contributed by atoms with Crippen LogP contribution in [0.1, 0.15) is 32.1 Å². The van der Waals surface area contributed by atoms with Gasteiger partial charge in [-0.3, -0.25) is 4.79 Å². The second-order valence-corrected chi connectivity index (χ2v) is 4.83. The van der Waals surface area contributed by atoms with Gasteiger partial charge in [-0.05, 0) is 30.8 Å². The molecule has 2 aliphatic rings. The lowest BCUT2D eigenvalue weighted by Gasteiger charge is -2.33. The molecule has 0 saturated heterocycles. The van der Waals surface area contributed by atoms with Crippen molar-refractivity contribution >= 4 is 12.1 Å². The van der Waals surface area contributed by atoms with Crippen LogP contribution in [0.3, 0.4) is 0 Å². The van der Waals surface area contributed by atoms with Crippen LogP contribution >= 0.6 is 0 Å². The summed E-state index contributed by atoms with van der Waals surface area (Å²) in [6, 6.07) is 0. The maximum absolute atomic E-state index is 11.7. The fraction of sp³-hybridized carbons (Fsp3) is 0.538. The lowest BCUT2D eigenvalue weighted by molar-refractivity contribution is -0.119. The highest BCUT2D eigenvalue weighted by Gasteiger charge is 2.49.